The Labute approximate surface area is 84.3 Å². The second kappa shape index (κ2) is 5.52. The highest BCUT2D eigenvalue weighted by molar-refractivity contribution is 7.95. The SMILES string of the molecule is C#CCOS(=O)(=O)CP(C)(=O)COC. The third-order valence-corrected chi connectivity index (χ3v) is 5.89. The first kappa shape index (κ1) is 13.7. The van der Waals surface area contributed by atoms with Crippen LogP contribution in [0, 0.1) is 12.3 Å². The van der Waals surface area contributed by atoms with Gasteiger partial charge < -0.3 is 9.30 Å². The van der Waals surface area contributed by atoms with E-state index in [-0.39, 0.29) is 13.0 Å². The van der Waals surface area contributed by atoms with Crippen LogP contribution in [0.1, 0.15) is 0 Å². The Bertz CT molecular complexity index is 353. The molecule has 0 spiro atoms. The minimum Gasteiger partial charge on any atom is -0.377 e. The van der Waals surface area contributed by atoms with E-state index in [1.165, 1.54) is 13.8 Å². The van der Waals surface area contributed by atoms with Crippen molar-refractivity contribution in [1.82, 2.24) is 0 Å². The summed E-state index contributed by atoms with van der Waals surface area (Å²) in [6.45, 7) is 1.00. The highest BCUT2D eigenvalue weighted by Gasteiger charge is 2.25. The van der Waals surface area contributed by atoms with Crippen molar-refractivity contribution in [2.75, 3.05) is 32.2 Å². The smallest absolute Gasteiger partial charge is 0.275 e. The molecule has 82 valence electrons. The van der Waals surface area contributed by atoms with E-state index >= 15 is 0 Å². The predicted octanol–water partition coefficient (Wildman–Crippen LogP) is 0.520. The van der Waals surface area contributed by atoms with Crippen LogP contribution in [0.3, 0.4) is 0 Å². The molecule has 0 amide bonds. The zero-order valence-corrected chi connectivity index (χ0v) is 9.81. The molecule has 0 aromatic heterocycles. The van der Waals surface area contributed by atoms with Gasteiger partial charge in [-0.1, -0.05) is 5.92 Å². The molecule has 7 heteroatoms. The number of rotatable bonds is 6. The quantitative estimate of drug-likeness (QED) is 0.384. The van der Waals surface area contributed by atoms with E-state index in [0.717, 1.165) is 0 Å². The van der Waals surface area contributed by atoms with E-state index in [1.54, 1.807) is 0 Å². The molecule has 5 nitrogen and oxygen atoms in total. The van der Waals surface area contributed by atoms with Crippen molar-refractivity contribution in [2.45, 2.75) is 0 Å². The van der Waals surface area contributed by atoms with Crippen LogP contribution in [0.15, 0.2) is 0 Å². The Morgan fingerprint density at radius 2 is 2.07 bits per heavy atom. The van der Waals surface area contributed by atoms with Crippen LogP contribution in [-0.2, 0) is 23.6 Å². The van der Waals surface area contributed by atoms with Crippen LogP contribution in [0.2, 0.25) is 0 Å². The van der Waals surface area contributed by atoms with Crippen molar-refractivity contribution in [3.63, 3.8) is 0 Å². The molecule has 0 saturated carbocycles. The molecule has 0 fully saturated rings. The summed E-state index contributed by atoms with van der Waals surface area (Å²) in [5, 5.41) is 0. The van der Waals surface area contributed by atoms with Gasteiger partial charge >= 0.3 is 0 Å². The fourth-order valence-corrected chi connectivity index (χ4v) is 4.87. The van der Waals surface area contributed by atoms with Crippen molar-refractivity contribution in [2.24, 2.45) is 0 Å². The summed E-state index contributed by atoms with van der Waals surface area (Å²) in [4.78, 5) is 0. The number of methoxy groups -OCH3 is 1. The molecule has 0 saturated heterocycles. The molecule has 14 heavy (non-hydrogen) atoms. The molecule has 0 heterocycles. The van der Waals surface area contributed by atoms with Crippen LogP contribution >= 0.6 is 7.14 Å². The van der Waals surface area contributed by atoms with E-state index in [4.69, 9.17) is 6.42 Å². The number of hydrogen-bond acceptors (Lipinski definition) is 5. The maximum absolute atomic E-state index is 11.6. The van der Waals surface area contributed by atoms with E-state index in [2.05, 4.69) is 8.92 Å². The van der Waals surface area contributed by atoms with Crippen LogP contribution < -0.4 is 0 Å². The molecule has 0 N–H and O–H groups in total. The van der Waals surface area contributed by atoms with E-state index in [9.17, 15) is 13.0 Å². The lowest BCUT2D eigenvalue weighted by Crippen LogP contribution is -2.12. The molecular weight excluding hydrogens is 227 g/mol. The van der Waals surface area contributed by atoms with Gasteiger partial charge in [0.25, 0.3) is 10.1 Å². The Balaban J connectivity index is 4.37. The normalized spacial score (nSPS) is 15.8. The van der Waals surface area contributed by atoms with Gasteiger partial charge in [0.2, 0.25) is 0 Å². The zero-order valence-electron chi connectivity index (χ0n) is 8.10. The van der Waals surface area contributed by atoms with Gasteiger partial charge in [-0.15, -0.1) is 6.42 Å². The lowest BCUT2D eigenvalue weighted by atomic mass is 10.8. The summed E-state index contributed by atoms with van der Waals surface area (Å²) in [6.07, 6.45) is 4.73. The summed E-state index contributed by atoms with van der Waals surface area (Å²) >= 11 is 0. The standard InChI is InChI=1S/C7H13O5PS/c1-4-5-12-14(9,10)7-13(3,8)6-11-2/h1H,5-7H2,2-3H3. The van der Waals surface area contributed by atoms with Crippen molar-refractivity contribution < 1.29 is 21.9 Å². The Morgan fingerprint density at radius 1 is 1.50 bits per heavy atom. The Morgan fingerprint density at radius 3 is 2.50 bits per heavy atom. The fraction of sp³-hybridized carbons (Fsp3) is 0.714. The van der Waals surface area contributed by atoms with E-state index < -0.39 is 22.8 Å². The molecule has 1 atom stereocenters. The van der Waals surface area contributed by atoms with Gasteiger partial charge in [0.15, 0.2) is 0 Å². The maximum atomic E-state index is 11.6. The molecule has 0 radical (unpaired) electrons. The highest BCUT2D eigenvalue weighted by Crippen LogP contribution is 2.42. The van der Waals surface area contributed by atoms with Crippen molar-refractivity contribution >= 4 is 17.3 Å². The zero-order chi connectivity index (χ0) is 11.2. The molecule has 1 unspecified atom stereocenters. The lowest BCUT2D eigenvalue weighted by molar-refractivity contribution is 0.249. The Kier molecular flexibility index (Phi) is 5.38. The van der Waals surface area contributed by atoms with Gasteiger partial charge in [-0.25, -0.2) is 0 Å². The second-order valence-corrected chi connectivity index (χ2v) is 8.10. The first-order chi connectivity index (χ1) is 6.33. The summed E-state index contributed by atoms with van der Waals surface area (Å²) in [5.41, 5.74) is -0.546. The largest absolute Gasteiger partial charge is 0.377 e. The molecule has 0 bridgehead atoms. The topological polar surface area (TPSA) is 69.7 Å². The van der Waals surface area contributed by atoms with Gasteiger partial charge in [0.1, 0.15) is 25.6 Å². The van der Waals surface area contributed by atoms with E-state index in [0.29, 0.717) is 0 Å². The molecule has 0 aliphatic carbocycles. The molecule has 0 aliphatic heterocycles. The highest BCUT2D eigenvalue weighted by atomic mass is 32.2. The van der Waals surface area contributed by atoms with Crippen molar-refractivity contribution in [1.29, 1.82) is 0 Å². The minimum atomic E-state index is -3.81. The number of terminal acetylenes is 1. The monoisotopic (exact) mass is 240 g/mol. The molecule has 0 aromatic rings. The van der Waals surface area contributed by atoms with E-state index in [1.807, 2.05) is 5.92 Å². The number of hydrogen-bond donors (Lipinski definition) is 0. The van der Waals surface area contributed by atoms with Gasteiger partial charge in [-0.05, 0) is 6.66 Å². The lowest BCUT2D eigenvalue weighted by Gasteiger charge is -2.11. The third-order valence-electron chi connectivity index (χ3n) is 1.16. The Hall–Kier alpha value is -0.340. The van der Waals surface area contributed by atoms with Crippen LogP contribution in [0.4, 0.5) is 0 Å². The second-order valence-electron chi connectivity index (χ2n) is 2.87. The predicted molar refractivity (Wildman–Crippen MR) is 54.0 cm³/mol. The molecule has 0 aliphatic rings. The van der Waals surface area contributed by atoms with Crippen LogP contribution in [0.25, 0.3) is 0 Å². The average Bonchev–Trinajstić information content (AvgIpc) is 1.98. The third kappa shape index (κ3) is 6.17. The molecular formula is C7H13O5PS. The van der Waals surface area contributed by atoms with Crippen LogP contribution in [0.5, 0.6) is 0 Å². The summed E-state index contributed by atoms with van der Waals surface area (Å²) in [6, 6.07) is 0. The number of ether oxygens (including phenoxy) is 1. The first-order valence-electron chi connectivity index (χ1n) is 3.68. The van der Waals surface area contributed by atoms with Crippen molar-refractivity contribution in [3.05, 3.63) is 0 Å². The maximum Gasteiger partial charge on any atom is 0.275 e. The van der Waals surface area contributed by atoms with Crippen LogP contribution in [-0.4, -0.2) is 40.6 Å². The van der Waals surface area contributed by atoms with Gasteiger partial charge in [-0.3, -0.25) is 4.18 Å². The minimum absolute atomic E-state index is 0.0916. The summed E-state index contributed by atoms with van der Waals surface area (Å²) in [7, 11) is -5.31. The summed E-state index contributed by atoms with van der Waals surface area (Å²) < 4.78 is 42.8. The van der Waals surface area contributed by atoms with Gasteiger partial charge in [0.05, 0.1) is 0 Å². The summed E-state index contributed by atoms with van der Waals surface area (Å²) in [5.74, 6) is 2.02. The first-order valence-corrected chi connectivity index (χ1v) is 7.78. The van der Waals surface area contributed by atoms with Gasteiger partial charge in [-0.2, -0.15) is 8.42 Å². The fourth-order valence-electron chi connectivity index (χ4n) is 0.806. The van der Waals surface area contributed by atoms with Gasteiger partial charge in [0, 0.05) is 7.11 Å². The molecule has 0 rings (SSSR count). The molecule has 0 aromatic carbocycles. The van der Waals surface area contributed by atoms with Crippen molar-refractivity contribution in [3.8, 4) is 12.3 Å². The average molecular weight is 240 g/mol.